The first-order valence-corrected chi connectivity index (χ1v) is 12.7. The van der Waals surface area contributed by atoms with Crippen molar-refractivity contribution in [3.63, 3.8) is 0 Å². The minimum Gasteiger partial charge on any atom is -0.480 e. The summed E-state index contributed by atoms with van der Waals surface area (Å²) in [7, 11) is 1.50. The van der Waals surface area contributed by atoms with Crippen LogP contribution in [0, 0.1) is 0 Å². The van der Waals surface area contributed by atoms with E-state index in [1.807, 2.05) is 0 Å². The molecule has 12 heteroatoms. The van der Waals surface area contributed by atoms with Crippen LogP contribution in [0.5, 0.6) is 5.75 Å². The number of aromatic nitrogens is 1. The molecule has 0 radical (unpaired) electrons. The molecule has 0 spiro atoms. The zero-order valence-corrected chi connectivity index (χ0v) is 22.1. The molecule has 1 aliphatic rings. The number of benzene rings is 2. The van der Waals surface area contributed by atoms with Gasteiger partial charge < -0.3 is 39.0 Å². The monoisotopic (exact) mass is 560 g/mol. The molecule has 1 fully saturated rings. The zero-order valence-electron chi connectivity index (χ0n) is 21.3. The van der Waals surface area contributed by atoms with Crippen molar-refractivity contribution < 1.29 is 39.1 Å². The maximum atomic E-state index is 13.8. The summed E-state index contributed by atoms with van der Waals surface area (Å²) in [5.74, 6) is -1.85. The second kappa shape index (κ2) is 12.1. The van der Waals surface area contributed by atoms with Crippen LogP contribution in [0.3, 0.4) is 0 Å². The fourth-order valence-corrected chi connectivity index (χ4v) is 4.77. The van der Waals surface area contributed by atoms with E-state index in [9.17, 15) is 29.7 Å². The van der Waals surface area contributed by atoms with Gasteiger partial charge in [-0.3, -0.25) is 9.59 Å². The highest BCUT2D eigenvalue weighted by atomic mass is 35.5. The van der Waals surface area contributed by atoms with Gasteiger partial charge >= 0.3 is 5.97 Å². The number of para-hydroxylation sites is 1. The normalized spacial score (nSPS) is 21.0. The van der Waals surface area contributed by atoms with Gasteiger partial charge in [-0.2, -0.15) is 0 Å². The van der Waals surface area contributed by atoms with Crippen LogP contribution in [0.1, 0.15) is 17.3 Å². The van der Waals surface area contributed by atoms with Crippen LogP contribution in [-0.2, 0) is 21.3 Å². The van der Waals surface area contributed by atoms with Gasteiger partial charge in [0.1, 0.15) is 29.6 Å². The van der Waals surface area contributed by atoms with Crippen LogP contribution in [-0.4, -0.2) is 82.5 Å². The number of rotatable bonds is 8. The minimum atomic E-state index is -1.48. The van der Waals surface area contributed by atoms with E-state index in [0.717, 1.165) is 0 Å². The minimum absolute atomic E-state index is 0.185. The number of amides is 1. The van der Waals surface area contributed by atoms with Gasteiger partial charge in [-0.25, -0.2) is 4.79 Å². The van der Waals surface area contributed by atoms with E-state index in [4.69, 9.17) is 25.8 Å². The Kier molecular flexibility index (Phi) is 8.88. The lowest BCUT2D eigenvalue weighted by Crippen LogP contribution is -2.56. The van der Waals surface area contributed by atoms with Crippen LogP contribution < -0.4 is 15.2 Å². The number of fused-ring (bicyclic) bond motifs is 1. The number of esters is 1. The molecular weight excluding hydrogens is 532 g/mol. The van der Waals surface area contributed by atoms with Gasteiger partial charge in [0.25, 0.3) is 11.5 Å². The number of hydrogen-bond donors (Lipinski definition) is 3. The van der Waals surface area contributed by atoms with Crippen LogP contribution in [0.25, 0.3) is 10.9 Å². The number of carbonyl (C=O) groups excluding carboxylic acids is 2. The van der Waals surface area contributed by atoms with E-state index in [1.54, 1.807) is 55.5 Å². The van der Waals surface area contributed by atoms with Crippen LogP contribution in [0.15, 0.2) is 53.3 Å². The van der Waals surface area contributed by atoms with E-state index in [0.29, 0.717) is 11.2 Å². The number of aliphatic hydroxyl groups excluding tert-OH is 3. The summed E-state index contributed by atoms with van der Waals surface area (Å²) in [6.07, 6.45) is -5.25. The molecule has 39 heavy (non-hydrogen) atoms. The maximum absolute atomic E-state index is 13.8. The highest BCUT2D eigenvalue weighted by Crippen LogP contribution is 2.34. The second-order valence-electron chi connectivity index (χ2n) is 8.94. The lowest BCUT2D eigenvalue weighted by atomic mass is 10.0. The summed E-state index contributed by atoms with van der Waals surface area (Å²) in [5.41, 5.74) is -0.0644. The van der Waals surface area contributed by atoms with Gasteiger partial charge in [-0.15, -0.1) is 0 Å². The zero-order chi connectivity index (χ0) is 28.3. The summed E-state index contributed by atoms with van der Waals surface area (Å²) in [4.78, 5) is 41.5. The molecule has 0 unspecified atom stereocenters. The highest BCUT2D eigenvalue weighted by Gasteiger charge is 2.41. The van der Waals surface area contributed by atoms with Gasteiger partial charge in [0.05, 0.1) is 29.1 Å². The first kappa shape index (κ1) is 28.5. The molecule has 4 atom stereocenters. The quantitative estimate of drug-likeness (QED) is 0.346. The fraction of sp³-hybridized carbons (Fsp3) is 0.370. The van der Waals surface area contributed by atoms with Gasteiger partial charge in [0, 0.05) is 19.3 Å². The molecule has 3 N–H and O–H groups in total. The largest absolute Gasteiger partial charge is 0.480 e. The summed E-state index contributed by atoms with van der Waals surface area (Å²) >= 11 is 6.49. The number of halogens is 1. The molecule has 0 saturated carbocycles. The fourth-order valence-electron chi connectivity index (χ4n) is 4.52. The Bertz CT molecular complexity index is 1410. The van der Waals surface area contributed by atoms with E-state index in [2.05, 4.69) is 0 Å². The molecule has 0 aliphatic carbocycles. The van der Waals surface area contributed by atoms with Crippen molar-refractivity contribution in [3.05, 3.63) is 69.5 Å². The average Bonchev–Trinajstić information content (AvgIpc) is 2.93. The number of aliphatic hydroxyl groups is 3. The summed E-state index contributed by atoms with van der Waals surface area (Å²) in [6, 6.07) is 13.6. The smallest absolute Gasteiger partial charge is 0.344 e. The SMILES string of the molecule is CCN(C(=O)c1c(OCC(=O)O[C@H]2[C@H](O)[C@@H](CO)OC[C@@H]2O)c2c(Cl)cccc2n(C)c1=O)c1ccccc1. The number of anilines is 1. The highest BCUT2D eigenvalue weighted by molar-refractivity contribution is 6.36. The number of ether oxygens (including phenoxy) is 3. The Labute approximate surface area is 228 Å². The Hall–Kier alpha value is -3.48. The third-order valence-corrected chi connectivity index (χ3v) is 6.84. The van der Waals surface area contributed by atoms with Gasteiger partial charge in [0.2, 0.25) is 0 Å². The van der Waals surface area contributed by atoms with Crippen LogP contribution >= 0.6 is 11.6 Å². The Morgan fingerprint density at radius 3 is 2.54 bits per heavy atom. The number of hydrogen-bond acceptors (Lipinski definition) is 9. The number of pyridine rings is 1. The average molecular weight is 561 g/mol. The van der Waals surface area contributed by atoms with E-state index >= 15 is 0 Å². The second-order valence-corrected chi connectivity index (χ2v) is 9.35. The number of carbonyl (C=O) groups is 2. The Morgan fingerprint density at radius 1 is 1.15 bits per heavy atom. The Balaban J connectivity index is 1.72. The number of nitrogens with zero attached hydrogens (tertiary/aromatic N) is 2. The molecule has 1 saturated heterocycles. The maximum Gasteiger partial charge on any atom is 0.344 e. The summed E-state index contributed by atoms with van der Waals surface area (Å²) in [6.45, 7) is 0.412. The lowest BCUT2D eigenvalue weighted by molar-refractivity contribution is -0.214. The molecule has 208 valence electrons. The molecule has 2 heterocycles. The van der Waals surface area contributed by atoms with Gasteiger partial charge in [-0.05, 0) is 31.2 Å². The van der Waals surface area contributed by atoms with Crippen molar-refractivity contribution in [1.82, 2.24) is 4.57 Å². The molecule has 0 bridgehead atoms. The van der Waals surface area contributed by atoms with Gasteiger partial charge in [0.15, 0.2) is 12.7 Å². The van der Waals surface area contributed by atoms with E-state index in [1.165, 1.54) is 16.5 Å². The van der Waals surface area contributed by atoms with Crippen molar-refractivity contribution in [2.45, 2.75) is 31.3 Å². The van der Waals surface area contributed by atoms with Crippen LogP contribution in [0.4, 0.5) is 5.69 Å². The predicted molar refractivity (Wildman–Crippen MR) is 142 cm³/mol. The predicted octanol–water partition coefficient (Wildman–Crippen LogP) is 1.26. The molecule has 1 aliphatic heterocycles. The third kappa shape index (κ3) is 5.63. The van der Waals surface area contributed by atoms with Crippen molar-refractivity contribution in [3.8, 4) is 5.75 Å². The molecule has 1 amide bonds. The molecule has 2 aromatic carbocycles. The molecule has 11 nitrogen and oxygen atoms in total. The van der Waals surface area contributed by atoms with Crippen molar-refractivity contribution in [1.29, 1.82) is 0 Å². The summed E-state index contributed by atoms with van der Waals surface area (Å²) in [5, 5.41) is 30.2. The molecule has 1 aromatic heterocycles. The van der Waals surface area contributed by atoms with Gasteiger partial charge in [-0.1, -0.05) is 35.9 Å². The third-order valence-electron chi connectivity index (χ3n) is 6.53. The van der Waals surface area contributed by atoms with E-state index < -0.39 is 55.1 Å². The lowest BCUT2D eigenvalue weighted by Gasteiger charge is -2.36. The molecule has 4 rings (SSSR count). The van der Waals surface area contributed by atoms with Crippen molar-refractivity contribution in [2.75, 3.05) is 31.3 Å². The first-order chi connectivity index (χ1) is 18.7. The number of aryl methyl sites for hydroxylation is 1. The Morgan fingerprint density at radius 2 is 1.87 bits per heavy atom. The van der Waals surface area contributed by atoms with E-state index in [-0.39, 0.29) is 34.9 Å². The topological polar surface area (TPSA) is 148 Å². The first-order valence-electron chi connectivity index (χ1n) is 12.3. The standard InChI is InChI=1S/C27H29ClN2O9/c1-3-30(15-8-5-4-6-9-15)27(36)22-25(21-16(28)10-7-11-17(21)29(2)26(22)35)38-14-20(33)39-24-18(32)13-37-19(12-31)23(24)34/h4-11,18-19,23-24,31-32,34H,3,12-14H2,1-2H3/t18-,19+,23+,24+/m0/s1. The van der Waals surface area contributed by atoms with Crippen LogP contribution in [0.2, 0.25) is 5.02 Å². The van der Waals surface area contributed by atoms with Crippen molar-refractivity contribution >= 4 is 40.1 Å². The summed E-state index contributed by atoms with van der Waals surface area (Å²) < 4.78 is 17.4. The van der Waals surface area contributed by atoms with Crippen molar-refractivity contribution in [2.24, 2.45) is 7.05 Å². The molecule has 3 aromatic rings. The molecular formula is C27H29ClN2O9.